The maximum Gasteiger partial charge on any atom is 0.472 e. The van der Waals surface area contributed by atoms with Crippen molar-refractivity contribution in [2.45, 2.75) is 201 Å². The van der Waals surface area contributed by atoms with Crippen LogP contribution in [0.25, 0.3) is 0 Å². The summed E-state index contributed by atoms with van der Waals surface area (Å²) in [4.78, 5) is 12.7. The molecule has 1 unspecified atom stereocenters. The van der Waals surface area contributed by atoms with E-state index in [2.05, 4.69) is 25.7 Å². The predicted molar refractivity (Wildman–Crippen MR) is 184 cm³/mol. The summed E-state index contributed by atoms with van der Waals surface area (Å²) in [7, 11) is -3.89. The van der Waals surface area contributed by atoms with E-state index in [0.717, 1.165) is 25.7 Å². The molecule has 5 nitrogen and oxygen atoms in total. The van der Waals surface area contributed by atoms with Crippen LogP contribution in [-0.2, 0) is 13.6 Å². The van der Waals surface area contributed by atoms with Gasteiger partial charge < -0.3 is 9.79 Å². The molecule has 0 aliphatic rings. The molecule has 0 spiro atoms. The molecule has 0 aliphatic heterocycles. The maximum absolute atomic E-state index is 12.1. The standard InChI is InChI=1S/C36H76NO4P/c1-4-7-10-13-16-17-20-25-30-35-40-42(38,39)41-36-31-26-21-24-29-34-37(32-27-22-18-14-11-8-5-2)33-28-23-19-15-12-9-6-3/h4-36H2,1-3H3,(H,38,39). The Morgan fingerprint density at radius 2 is 0.643 bits per heavy atom. The zero-order valence-electron chi connectivity index (χ0n) is 28.9. The smallest absolute Gasteiger partial charge is 0.303 e. The highest BCUT2D eigenvalue weighted by atomic mass is 31.2. The van der Waals surface area contributed by atoms with Gasteiger partial charge in [0, 0.05) is 0 Å². The first kappa shape index (κ1) is 42.1. The fraction of sp³-hybridized carbons (Fsp3) is 1.00. The molecule has 0 aromatic carbocycles. The molecule has 0 saturated carbocycles. The Bertz CT molecular complexity index is 545. The van der Waals surface area contributed by atoms with Gasteiger partial charge in [-0.25, -0.2) is 4.57 Å². The van der Waals surface area contributed by atoms with Gasteiger partial charge in [-0.1, -0.05) is 168 Å². The molecule has 0 radical (unpaired) electrons. The van der Waals surface area contributed by atoms with Crippen molar-refractivity contribution in [3.63, 3.8) is 0 Å². The summed E-state index contributed by atoms with van der Waals surface area (Å²) in [6, 6.07) is 0. The van der Waals surface area contributed by atoms with Crippen LogP contribution in [0.2, 0.25) is 0 Å². The van der Waals surface area contributed by atoms with E-state index in [1.807, 2.05) is 0 Å². The summed E-state index contributed by atoms with van der Waals surface area (Å²) < 4.78 is 22.5. The summed E-state index contributed by atoms with van der Waals surface area (Å²) >= 11 is 0. The summed E-state index contributed by atoms with van der Waals surface area (Å²) in [6.45, 7) is 11.2. The molecule has 0 heterocycles. The van der Waals surface area contributed by atoms with E-state index in [4.69, 9.17) is 9.05 Å². The first-order valence-electron chi connectivity index (χ1n) is 18.9. The van der Waals surface area contributed by atoms with Gasteiger partial charge in [0.15, 0.2) is 0 Å². The molecule has 0 bridgehead atoms. The highest BCUT2D eigenvalue weighted by Crippen LogP contribution is 2.43. The number of unbranched alkanes of at least 4 members (excludes halogenated alkanes) is 24. The lowest BCUT2D eigenvalue weighted by Crippen LogP contribution is -2.27. The lowest BCUT2D eigenvalue weighted by molar-refractivity contribution is 0.145. The average molecular weight is 618 g/mol. The van der Waals surface area contributed by atoms with Crippen molar-refractivity contribution in [3.8, 4) is 0 Å². The Balaban J connectivity index is 3.87. The van der Waals surface area contributed by atoms with E-state index in [0.29, 0.717) is 13.2 Å². The second-order valence-electron chi connectivity index (χ2n) is 12.8. The molecular weight excluding hydrogens is 541 g/mol. The number of rotatable bonds is 36. The third-order valence-corrected chi connectivity index (χ3v) is 9.55. The minimum absolute atomic E-state index is 0.314. The molecular formula is C36H76NO4P. The van der Waals surface area contributed by atoms with Gasteiger partial charge in [-0.05, 0) is 51.7 Å². The fourth-order valence-electron chi connectivity index (χ4n) is 5.70. The fourth-order valence-corrected chi connectivity index (χ4v) is 6.49. The molecule has 0 aromatic rings. The van der Waals surface area contributed by atoms with Crippen molar-refractivity contribution in [1.29, 1.82) is 0 Å². The van der Waals surface area contributed by atoms with Crippen molar-refractivity contribution < 1.29 is 18.5 Å². The summed E-state index contributed by atoms with van der Waals surface area (Å²) in [5.74, 6) is 0. The third kappa shape index (κ3) is 33.0. The summed E-state index contributed by atoms with van der Waals surface area (Å²) in [5.41, 5.74) is 0. The van der Waals surface area contributed by atoms with E-state index in [-0.39, 0.29) is 0 Å². The highest BCUT2D eigenvalue weighted by Gasteiger charge is 2.20. The zero-order chi connectivity index (χ0) is 30.8. The Kier molecular flexibility index (Phi) is 34.0. The summed E-state index contributed by atoms with van der Waals surface area (Å²) in [6.07, 6.45) is 35.8. The first-order valence-corrected chi connectivity index (χ1v) is 20.4. The topological polar surface area (TPSA) is 59.0 Å². The Labute approximate surface area is 264 Å². The molecule has 0 saturated heterocycles. The lowest BCUT2D eigenvalue weighted by Gasteiger charge is -2.22. The molecule has 0 aliphatic carbocycles. The Hall–Kier alpha value is 0.0700. The van der Waals surface area contributed by atoms with Gasteiger partial charge in [0.25, 0.3) is 0 Å². The van der Waals surface area contributed by atoms with Crippen molar-refractivity contribution in [2.24, 2.45) is 0 Å². The van der Waals surface area contributed by atoms with Crippen LogP contribution < -0.4 is 0 Å². The van der Waals surface area contributed by atoms with Gasteiger partial charge in [0.1, 0.15) is 0 Å². The van der Waals surface area contributed by atoms with Crippen molar-refractivity contribution >= 4 is 7.82 Å². The Morgan fingerprint density at radius 1 is 0.405 bits per heavy atom. The number of hydrogen-bond acceptors (Lipinski definition) is 4. The third-order valence-electron chi connectivity index (χ3n) is 8.53. The molecule has 42 heavy (non-hydrogen) atoms. The van der Waals surface area contributed by atoms with Gasteiger partial charge in [-0.3, -0.25) is 9.05 Å². The minimum atomic E-state index is -3.89. The van der Waals surface area contributed by atoms with E-state index < -0.39 is 7.82 Å². The van der Waals surface area contributed by atoms with E-state index in [9.17, 15) is 9.46 Å². The average Bonchev–Trinajstić information content (AvgIpc) is 2.98. The second-order valence-corrected chi connectivity index (χ2v) is 14.3. The van der Waals surface area contributed by atoms with E-state index in [1.165, 1.54) is 174 Å². The normalized spacial score (nSPS) is 13.3. The lowest BCUT2D eigenvalue weighted by atomic mass is 10.1. The SMILES string of the molecule is CCCCCCCCCCCOP(=O)(O)OCCCCCCCN(CCCCCCCCC)CCCCCCCCC. The maximum atomic E-state index is 12.1. The number of phosphoric ester groups is 1. The Morgan fingerprint density at radius 3 is 0.929 bits per heavy atom. The van der Waals surface area contributed by atoms with Crippen molar-refractivity contribution in [1.82, 2.24) is 4.90 Å². The van der Waals surface area contributed by atoms with Gasteiger partial charge in [-0.2, -0.15) is 0 Å². The molecule has 0 aromatic heterocycles. The second kappa shape index (κ2) is 34.0. The number of nitrogens with zero attached hydrogens (tertiary/aromatic N) is 1. The number of hydrogen-bond donors (Lipinski definition) is 1. The molecule has 0 rings (SSSR count). The van der Waals surface area contributed by atoms with Crippen LogP contribution in [0.4, 0.5) is 0 Å². The zero-order valence-corrected chi connectivity index (χ0v) is 29.8. The van der Waals surface area contributed by atoms with Gasteiger partial charge >= 0.3 is 7.82 Å². The van der Waals surface area contributed by atoms with Crippen LogP contribution in [0.1, 0.15) is 201 Å². The van der Waals surface area contributed by atoms with Gasteiger partial charge in [0.05, 0.1) is 13.2 Å². The first-order chi connectivity index (χ1) is 20.6. The predicted octanol–water partition coefficient (Wildman–Crippen LogP) is 12.4. The highest BCUT2D eigenvalue weighted by molar-refractivity contribution is 7.47. The van der Waals surface area contributed by atoms with Gasteiger partial charge in [0.2, 0.25) is 0 Å². The number of phosphoric acid groups is 1. The van der Waals surface area contributed by atoms with Gasteiger partial charge in [-0.15, -0.1) is 0 Å². The molecule has 254 valence electrons. The van der Waals surface area contributed by atoms with Crippen LogP contribution in [0.5, 0.6) is 0 Å². The largest absolute Gasteiger partial charge is 0.472 e. The van der Waals surface area contributed by atoms with E-state index in [1.54, 1.807) is 0 Å². The van der Waals surface area contributed by atoms with Crippen LogP contribution in [0.3, 0.4) is 0 Å². The van der Waals surface area contributed by atoms with Crippen LogP contribution in [-0.4, -0.2) is 42.6 Å². The van der Waals surface area contributed by atoms with Crippen LogP contribution >= 0.6 is 7.82 Å². The summed E-state index contributed by atoms with van der Waals surface area (Å²) in [5, 5.41) is 0. The quantitative estimate of drug-likeness (QED) is 0.0560. The molecule has 0 fully saturated rings. The van der Waals surface area contributed by atoms with Crippen molar-refractivity contribution in [2.75, 3.05) is 32.8 Å². The van der Waals surface area contributed by atoms with Crippen molar-refractivity contribution in [3.05, 3.63) is 0 Å². The monoisotopic (exact) mass is 618 g/mol. The minimum Gasteiger partial charge on any atom is -0.303 e. The molecule has 6 heteroatoms. The van der Waals surface area contributed by atoms with E-state index >= 15 is 0 Å². The van der Waals surface area contributed by atoms with Crippen LogP contribution in [0, 0.1) is 0 Å². The van der Waals surface area contributed by atoms with Crippen LogP contribution in [0.15, 0.2) is 0 Å². The molecule has 1 N–H and O–H groups in total. The molecule has 1 atom stereocenters. The molecule has 0 amide bonds.